The van der Waals surface area contributed by atoms with Gasteiger partial charge >= 0.3 is 0 Å². The summed E-state index contributed by atoms with van der Waals surface area (Å²) in [5.41, 5.74) is 0.402. The van der Waals surface area contributed by atoms with E-state index in [9.17, 15) is 8.42 Å². The molecule has 7 heteroatoms. The van der Waals surface area contributed by atoms with E-state index < -0.39 is 10.0 Å². The van der Waals surface area contributed by atoms with E-state index in [0.717, 1.165) is 0 Å². The zero-order valence-electron chi connectivity index (χ0n) is 10.9. The molecule has 0 atom stereocenters. The smallest absolute Gasteiger partial charge is 0.261 e. The molecule has 0 unspecified atom stereocenters. The van der Waals surface area contributed by atoms with Crippen molar-refractivity contribution in [3.63, 3.8) is 0 Å². The Morgan fingerprint density at radius 2 is 1.76 bits per heavy atom. The van der Waals surface area contributed by atoms with E-state index in [1.54, 1.807) is 30.3 Å². The number of sulfonamides is 1. The molecule has 0 saturated heterocycles. The van der Waals surface area contributed by atoms with Crippen LogP contribution in [0.5, 0.6) is 11.5 Å². The second-order valence-corrected chi connectivity index (χ2v) is 6.54. The highest BCUT2D eigenvalue weighted by Crippen LogP contribution is 2.33. The summed E-state index contributed by atoms with van der Waals surface area (Å²) < 4.78 is 37.9. The van der Waals surface area contributed by atoms with Crippen molar-refractivity contribution in [1.29, 1.82) is 0 Å². The maximum atomic E-state index is 12.3. The van der Waals surface area contributed by atoms with Crippen LogP contribution in [0, 0.1) is 0 Å². The molecule has 0 radical (unpaired) electrons. The number of anilines is 1. The number of ether oxygens (including phenoxy) is 2. The average molecular weight is 326 g/mol. The molecule has 0 bridgehead atoms. The highest BCUT2D eigenvalue weighted by atomic mass is 35.5. The molecule has 0 fully saturated rings. The number of fused-ring (bicyclic) bond motifs is 1. The van der Waals surface area contributed by atoms with Crippen molar-refractivity contribution >= 4 is 27.3 Å². The van der Waals surface area contributed by atoms with Gasteiger partial charge in [0, 0.05) is 11.1 Å². The summed E-state index contributed by atoms with van der Waals surface area (Å²) in [5.74, 6) is 1.12. The van der Waals surface area contributed by atoms with Crippen molar-refractivity contribution in [3.05, 3.63) is 47.5 Å². The molecular weight excluding hydrogens is 314 g/mol. The Labute approximate surface area is 127 Å². The molecule has 3 rings (SSSR count). The molecular formula is C14H12ClNO4S. The first kappa shape index (κ1) is 14.0. The quantitative estimate of drug-likeness (QED) is 0.942. The van der Waals surface area contributed by atoms with Gasteiger partial charge in [0.05, 0.1) is 10.6 Å². The standard InChI is InChI=1S/C14H12ClNO4S/c15-10-2-1-3-12(8-10)21(17,18)16-11-4-5-13-14(9-11)20-7-6-19-13/h1-5,8-9,16H,6-7H2. The zero-order valence-corrected chi connectivity index (χ0v) is 12.4. The van der Waals surface area contributed by atoms with Gasteiger partial charge in [0.2, 0.25) is 0 Å². The van der Waals surface area contributed by atoms with Crippen LogP contribution in [0.3, 0.4) is 0 Å². The van der Waals surface area contributed by atoms with Gasteiger partial charge in [0.25, 0.3) is 10.0 Å². The van der Waals surface area contributed by atoms with E-state index in [4.69, 9.17) is 21.1 Å². The summed E-state index contributed by atoms with van der Waals surface area (Å²) in [6.45, 7) is 0.929. The van der Waals surface area contributed by atoms with Crippen LogP contribution < -0.4 is 14.2 Å². The predicted molar refractivity (Wildman–Crippen MR) is 79.7 cm³/mol. The Kier molecular flexibility index (Phi) is 3.65. The minimum atomic E-state index is -3.69. The number of hydrogen-bond acceptors (Lipinski definition) is 4. The van der Waals surface area contributed by atoms with E-state index in [-0.39, 0.29) is 4.90 Å². The molecule has 1 aliphatic rings. The van der Waals surface area contributed by atoms with Crippen LogP contribution in [0.15, 0.2) is 47.4 Å². The van der Waals surface area contributed by atoms with Crippen LogP contribution in [0.1, 0.15) is 0 Å². The van der Waals surface area contributed by atoms with Gasteiger partial charge in [0.1, 0.15) is 13.2 Å². The van der Waals surface area contributed by atoms with Gasteiger partial charge in [-0.3, -0.25) is 4.72 Å². The number of hydrogen-bond donors (Lipinski definition) is 1. The van der Waals surface area contributed by atoms with Gasteiger partial charge in [-0.15, -0.1) is 0 Å². The first-order valence-electron chi connectivity index (χ1n) is 6.23. The summed E-state index contributed by atoms with van der Waals surface area (Å²) >= 11 is 5.82. The summed E-state index contributed by atoms with van der Waals surface area (Å²) in [6.07, 6.45) is 0. The molecule has 110 valence electrons. The van der Waals surface area contributed by atoms with Crippen molar-refractivity contribution in [2.45, 2.75) is 4.90 Å². The van der Waals surface area contributed by atoms with E-state index >= 15 is 0 Å². The van der Waals surface area contributed by atoms with Gasteiger partial charge in [-0.1, -0.05) is 17.7 Å². The second-order valence-electron chi connectivity index (χ2n) is 4.42. The van der Waals surface area contributed by atoms with Gasteiger partial charge in [-0.25, -0.2) is 8.42 Å². The third-order valence-corrected chi connectivity index (χ3v) is 4.51. The fourth-order valence-corrected chi connectivity index (χ4v) is 3.31. The predicted octanol–water partition coefficient (Wildman–Crippen LogP) is 2.91. The minimum absolute atomic E-state index is 0.102. The lowest BCUT2D eigenvalue weighted by Crippen LogP contribution is -2.16. The van der Waals surface area contributed by atoms with Gasteiger partial charge < -0.3 is 9.47 Å². The normalized spacial score (nSPS) is 13.8. The molecule has 21 heavy (non-hydrogen) atoms. The number of rotatable bonds is 3. The molecule has 2 aromatic rings. The molecule has 1 aliphatic heterocycles. The average Bonchev–Trinajstić information content (AvgIpc) is 2.47. The largest absolute Gasteiger partial charge is 0.486 e. The monoisotopic (exact) mass is 325 g/mol. The molecule has 5 nitrogen and oxygen atoms in total. The van der Waals surface area contributed by atoms with E-state index in [1.165, 1.54) is 12.1 Å². The van der Waals surface area contributed by atoms with Crippen molar-refractivity contribution in [1.82, 2.24) is 0 Å². The van der Waals surface area contributed by atoms with Crippen LogP contribution in [0.4, 0.5) is 5.69 Å². The number of halogens is 1. The fourth-order valence-electron chi connectivity index (χ4n) is 1.96. The first-order chi connectivity index (χ1) is 10.0. The maximum absolute atomic E-state index is 12.3. The van der Waals surface area contributed by atoms with Crippen molar-refractivity contribution in [3.8, 4) is 11.5 Å². The zero-order chi connectivity index (χ0) is 14.9. The molecule has 0 amide bonds. The lowest BCUT2D eigenvalue weighted by Gasteiger charge is -2.19. The summed E-state index contributed by atoms with van der Waals surface area (Å²) in [5, 5.41) is 0.361. The molecule has 0 spiro atoms. The maximum Gasteiger partial charge on any atom is 0.261 e. The van der Waals surface area contributed by atoms with Crippen LogP contribution in [0.2, 0.25) is 5.02 Å². The Morgan fingerprint density at radius 1 is 1.00 bits per heavy atom. The topological polar surface area (TPSA) is 64.6 Å². The molecule has 0 aliphatic carbocycles. The highest BCUT2D eigenvalue weighted by Gasteiger charge is 2.17. The van der Waals surface area contributed by atoms with Gasteiger partial charge in [-0.2, -0.15) is 0 Å². The summed E-state index contributed by atoms with van der Waals surface area (Å²) in [4.78, 5) is 0.102. The van der Waals surface area contributed by atoms with Crippen LogP contribution in [-0.2, 0) is 10.0 Å². The van der Waals surface area contributed by atoms with E-state index in [1.807, 2.05) is 0 Å². The Bertz CT molecular complexity index is 776. The van der Waals surface area contributed by atoms with Crippen LogP contribution in [-0.4, -0.2) is 21.6 Å². The Balaban J connectivity index is 1.89. The van der Waals surface area contributed by atoms with E-state index in [2.05, 4.69) is 4.72 Å². The lowest BCUT2D eigenvalue weighted by molar-refractivity contribution is 0.171. The Morgan fingerprint density at radius 3 is 2.52 bits per heavy atom. The van der Waals surface area contributed by atoms with Gasteiger partial charge in [0.15, 0.2) is 11.5 Å². The molecule has 2 aromatic carbocycles. The number of nitrogens with one attached hydrogen (secondary N) is 1. The summed E-state index contributed by atoms with van der Waals surface area (Å²) in [6, 6.07) is 11.0. The fraction of sp³-hybridized carbons (Fsp3) is 0.143. The summed E-state index contributed by atoms with van der Waals surface area (Å²) in [7, 11) is -3.69. The molecule has 0 saturated carbocycles. The Hall–Kier alpha value is -1.92. The van der Waals surface area contributed by atoms with E-state index in [0.29, 0.717) is 35.4 Å². The van der Waals surface area contributed by atoms with Crippen molar-refractivity contribution in [2.24, 2.45) is 0 Å². The first-order valence-corrected chi connectivity index (χ1v) is 8.09. The molecule has 1 heterocycles. The highest BCUT2D eigenvalue weighted by molar-refractivity contribution is 7.92. The van der Waals surface area contributed by atoms with Crippen LogP contribution in [0.25, 0.3) is 0 Å². The molecule has 0 aromatic heterocycles. The lowest BCUT2D eigenvalue weighted by atomic mass is 10.3. The third-order valence-electron chi connectivity index (χ3n) is 2.90. The SMILES string of the molecule is O=S(=O)(Nc1ccc2c(c1)OCCO2)c1cccc(Cl)c1. The van der Waals surface area contributed by atoms with Crippen molar-refractivity contribution in [2.75, 3.05) is 17.9 Å². The molecule has 1 N–H and O–H groups in total. The third kappa shape index (κ3) is 3.06. The van der Waals surface area contributed by atoms with Gasteiger partial charge in [-0.05, 0) is 30.3 Å². The minimum Gasteiger partial charge on any atom is -0.486 e. The van der Waals surface area contributed by atoms with Crippen molar-refractivity contribution < 1.29 is 17.9 Å². The second kappa shape index (κ2) is 5.46. The number of benzene rings is 2. The van der Waals surface area contributed by atoms with Crippen LogP contribution >= 0.6 is 11.6 Å².